The van der Waals surface area contributed by atoms with E-state index in [1.54, 1.807) is 14.1 Å². The molecule has 0 aliphatic rings. The first-order chi connectivity index (χ1) is 2.41. The van der Waals surface area contributed by atoms with Gasteiger partial charge in [-0.3, -0.25) is 0 Å². The molecule has 0 saturated heterocycles. The van der Waals surface area contributed by atoms with Crippen molar-refractivity contribution in [3.05, 3.63) is 5.32 Å². The molecule has 0 aromatic carbocycles. The summed E-state index contributed by atoms with van der Waals surface area (Å²) in [5.41, 5.74) is 0. The van der Waals surface area contributed by atoms with Gasteiger partial charge in [-0.1, -0.05) is 0 Å². The minimum Gasteiger partial charge on any atom is -0.668 e. The second kappa shape index (κ2) is 64.4. The van der Waals surface area contributed by atoms with Crippen molar-refractivity contribution in [1.29, 1.82) is 0 Å². The molecule has 0 unspecified atom stereocenters. The molecule has 0 spiro atoms. The van der Waals surface area contributed by atoms with Crippen molar-refractivity contribution >= 4 is 0 Å². The third-order valence-electron chi connectivity index (χ3n) is 0. The maximum Gasteiger partial charge on any atom is 0.0319 e. The van der Waals surface area contributed by atoms with E-state index >= 15 is 0 Å². The van der Waals surface area contributed by atoms with Gasteiger partial charge < -0.3 is 10.4 Å². The second-order valence-corrected chi connectivity index (χ2v) is 0.447. The summed E-state index contributed by atoms with van der Waals surface area (Å²) in [5, 5.41) is 10.5. The van der Waals surface area contributed by atoms with Gasteiger partial charge in [-0.15, -0.1) is 0 Å². The second-order valence-electron chi connectivity index (χ2n) is 0.447. The molecule has 1 N–H and O–H groups in total. The van der Waals surface area contributed by atoms with Gasteiger partial charge in [-0.2, -0.15) is 14.1 Å². The average Bonchev–Trinajstić information content (AvgIpc) is 1.46. The smallest absolute Gasteiger partial charge is 0.0319 e. The third-order valence-corrected chi connectivity index (χ3v) is 0. The quantitative estimate of drug-likeness (QED) is 0.539. The Morgan fingerprint density at radius 1 is 1.00 bits per heavy atom. The van der Waals surface area contributed by atoms with E-state index in [0.29, 0.717) is 0 Å². The first-order valence-corrected chi connectivity index (χ1v) is 1.34. The van der Waals surface area contributed by atoms with Gasteiger partial charge >= 0.3 is 0 Å². The molecule has 2 nitrogen and oxygen atoms in total. The van der Waals surface area contributed by atoms with Crippen LogP contribution in [0.3, 0.4) is 0 Å². The number of rotatable bonds is 0. The van der Waals surface area contributed by atoms with E-state index < -0.39 is 0 Å². The van der Waals surface area contributed by atoms with Crippen LogP contribution in [0.1, 0.15) is 0 Å². The molecule has 0 saturated carbocycles. The Balaban J connectivity index is -0.0000000105. The van der Waals surface area contributed by atoms with Gasteiger partial charge in [-0.05, 0) is 0 Å². The molecule has 2 radical (unpaired) electrons. The Labute approximate surface area is 66.0 Å². The van der Waals surface area contributed by atoms with E-state index in [9.17, 15) is 0 Å². The van der Waals surface area contributed by atoms with Gasteiger partial charge in [0.2, 0.25) is 0 Å². The topological polar surface area (TPSA) is 34.3 Å². The molecule has 0 heterocycles. The van der Waals surface area contributed by atoms with Crippen LogP contribution in [0.5, 0.6) is 0 Å². The molecule has 7 heavy (non-hydrogen) atoms. The largest absolute Gasteiger partial charge is 0.668 e. The van der Waals surface area contributed by atoms with Gasteiger partial charge in [0.1, 0.15) is 0 Å². The molecule has 48 valence electrons. The molecule has 0 amide bonds. The molecule has 4 heteroatoms. The van der Waals surface area contributed by atoms with Gasteiger partial charge in [0.15, 0.2) is 0 Å². The molecule has 0 fully saturated rings. The summed E-state index contributed by atoms with van der Waals surface area (Å²) < 4.78 is 0. The van der Waals surface area contributed by atoms with Crippen molar-refractivity contribution in [2.45, 2.75) is 0 Å². The Morgan fingerprint density at radius 2 is 1.00 bits per heavy atom. The summed E-state index contributed by atoms with van der Waals surface area (Å²) in [7, 11) is 4.50. The van der Waals surface area contributed by atoms with Crippen LogP contribution < -0.4 is 0 Å². The van der Waals surface area contributed by atoms with Crippen LogP contribution >= 0.6 is 0 Å². The normalized spacial score (nSPS) is 3.43. The maximum absolute atomic E-state index is 7.00. The summed E-state index contributed by atoms with van der Waals surface area (Å²) in [6, 6.07) is 0. The maximum atomic E-state index is 7.00. The Hall–Kier alpha value is 0.959. The van der Waals surface area contributed by atoms with E-state index in [2.05, 4.69) is 5.32 Å². The first kappa shape index (κ1) is 24.6. The summed E-state index contributed by atoms with van der Waals surface area (Å²) in [6.45, 7) is 0. The standard InChI is InChI=1S/C2H6N.CH4O.2Mn/c1-3-2;1-2;;/h1-2H3;2H,1H3;;/q-1;;;. The van der Waals surface area contributed by atoms with Gasteiger partial charge in [0, 0.05) is 41.2 Å². The molecule has 0 aliphatic carbocycles. The first-order valence-electron chi connectivity index (χ1n) is 1.34. The van der Waals surface area contributed by atoms with Gasteiger partial charge in [-0.25, -0.2) is 0 Å². The summed E-state index contributed by atoms with van der Waals surface area (Å²) >= 11 is 0. The fourth-order valence-electron chi connectivity index (χ4n) is 0. The fourth-order valence-corrected chi connectivity index (χ4v) is 0. The zero-order valence-electron chi connectivity index (χ0n) is 4.65. The fraction of sp³-hybridized carbons (Fsp3) is 1.00. The van der Waals surface area contributed by atoms with Crippen LogP contribution in [0.2, 0.25) is 0 Å². The van der Waals surface area contributed by atoms with Crippen LogP contribution in [0.4, 0.5) is 0 Å². The van der Waals surface area contributed by atoms with E-state index in [1.165, 1.54) is 0 Å². The number of aliphatic hydroxyl groups excluding tert-OH is 1. The van der Waals surface area contributed by atoms with E-state index in [1.807, 2.05) is 0 Å². The Kier molecular flexibility index (Phi) is 226. The summed E-state index contributed by atoms with van der Waals surface area (Å²) in [5.74, 6) is 0. The van der Waals surface area contributed by atoms with Crippen LogP contribution in [0, 0.1) is 0 Å². The summed E-state index contributed by atoms with van der Waals surface area (Å²) in [4.78, 5) is 0. The van der Waals surface area contributed by atoms with Gasteiger partial charge in [0.05, 0.1) is 0 Å². The number of hydrogen-bond donors (Lipinski definition) is 1. The third kappa shape index (κ3) is 186. The van der Waals surface area contributed by atoms with Crippen molar-refractivity contribution in [2.24, 2.45) is 0 Å². The van der Waals surface area contributed by atoms with E-state index in [0.717, 1.165) is 7.11 Å². The van der Waals surface area contributed by atoms with Crippen molar-refractivity contribution < 1.29 is 39.2 Å². The van der Waals surface area contributed by atoms with Crippen molar-refractivity contribution in [1.82, 2.24) is 0 Å². The van der Waals surface area contributed by atoms with Crippen molar-refractivity contribution in [3.8, 4) is 0 Å². The van der Waals surface area contributed by atoms with Crippen molar-refractivity contribution in [3.63, 3.8) is 0 Å². The number of nitrogens with zero attached hydrogens (tertiary/aromatic N) is 1. The number of hydrogen-bond acceptors (Lipinski definition) is 1. The van der Waals surface area contributed by atoms with Crippen molar-refractivity contribution in [2.75, 3.05) is 21.2 Å². The van der Waals surface area contributed by atoms with Crippen LogP contribution in [-0.2, 0) is 34.1 Å². The molecule has 0 aromatic rings. The average molecular weight is 186 g/mol. The van der Waals surface area contributed by atoms with E-state index in [-0.39, 0.29) is 34.1 Å². The Morgan fingerprint density at radius 3 is 1.00 bits per heavy atom. The molecule has 0 aliphatic heterocycles. The molecule has 0 rings (SSSR count). The SMILES string of the molecule is CO.C[N-]C.[Mn].[Mn]. The Bertz CT molecular complexity index is 12.9. The molecule has 0 aromatic heterocycles. The number of aliphatic hydroxyl groups is 1. The monoisotopic (exact) mass is 186 g/mol. The predicted molar refractivity (Wildman–Crippen MR) is 23.3 cm³/mol. The minimum absolute atomic E-state index is 0. The molecule has 0 atom stereocenters. The predicted octanol–water partition coefficient (Wildman–Crippen LogP) is 0.223. The van der Waals surface area contributed by atoms with Crippen LogP contribution in [0.25, 0.3) is 5.32 Å². The molecular weight excluding hydrogens is 176 g/mol. The zero-order chi connectivity index (χ0) is 4.71. The minimum atomic E-state index is 0. The molecular formula is C3H10Mn2NO-. The molecule has 0 bridgehead atoms. The van der Waals surface area contributed by atoms with Crippen LogP contribution in [-0.4, -0.2) is 26.3 Å². The van der Waals surface area contributed by atoms with Gasteiger partial charge in [0.25, 0.3) is 0 Å². The van der Waals surface area contributed by atoms with Crippen LogP contribution in [0.15, 0.2) is 0 Å². The summed E-state index contributed by atoms with van der Waals surface area (Å²) in [6.07, 6.45) is 0. The van der Waals surface area contributed by atoms with E-state index in [4.69, 9.17) is 5.11 Å². The zero-order valence-corrected chi connectivity index (χ0v) is 7.01.